The van der Waals surface area contributed by atoms with Crippen LogP contribution in [0.15, 0.2) is 18.2 Å². The maximum absolute atomic E-state index is 6.06. The van der Waals surface area contributed by atoms with Gasteiger partial charge >= 0.3 is 0 Å². The Bertz CT molecular complexity index is 326. The highest BCUT2D eigenvalue weighted by Crippen LogP contribution is 2.30. The SMILES string of the molecule is CCC[C@@H](N)c1ccc(OCC)c(OC)c1. The molecule has 2 N–H and O–H groups in total. The predicted molar refractivity (Wildman–Crippen MR) is 66.0 cm³/mol. The number of methoxy groups -OCH3 is 1. The van der Waals surface area contributed by atoms with Gasteiger partial charge in [0.05, 0.1) is 13.7 Å². The summed E-state index contributed by atoms with van der Waals surface area (Å²) < 4.78 is 10.7. The number of benzene rings is 1. The van der Waals surface area contributed by atoms with E-state index in [1.165, 1.54) is 0 Å². The lowest BCUT2D eigenvalue weighted by atomic mass is 10.0. The Labute approximate surface area is 97.6 Å². The van der Waals surface area contributed by atoms with Crippen molar-refractivity contribution in [2.75, 3.05) is 13.7 Å². The second-order valence-corrected chi connectivity index (χ2v) is 3.74. The first-order chi connectivity index (χ1) is 7.72. The van der Waals surface area contributed by atoms with Crippen LogP contribution in [0.5, 0.6) is 11.5 Å². The molecule has 1 atom stereocenters. The van der Waals surface area contributed by atoms with Crippen molar-refractivity contribution in [1.29, 1.82) is 0 Å². The van der Waals surface area contributed by atoms with Crippen molar-refractivity contribution in [3.05, 3.63) is 23.8 Å². The molecule has 0 spiro atoms. The topological polar surface area (TPSA) is 44.5 Å². The van der Waals surface area contributed by atoms with E-state index in [-0.39, 0.29) is 6.04 Å². The molecule has 0 fully saturated rings. The fraction of sp³-hybridized carbons (Fsp3) is 0.538. The smallest absolute Gasteiger partial charge is 0.161 e. The summed E-state index contributed by atoms with van der Waals surface area (Å²) >= 11 is 0. The van der Waals surface area contributed by atoms with Gasteiger partial charge in [0.15, 0.2) is 11.5 Å². The van der Waals surface area contributed by atoms with Gasteiger partial charge < -0.3 is 15.2 Å². The Morgan fingerprint density at radius 3 is 2.56 bits per heavy atom. The van der Waals surface area contributed by atoms with Crippen molar-refractivity contribution >= 4 is 0 Å². The minimum absolute atomic E-state index is 0.0783. The van der Waals surface area contributed by atoms with Crippen LogP contribution in [0.4, 0.5) is 0 Å². The van der Waals surface area contributed by atoms with Crippen LogP contribution in [0.2, 0.25) is 0 Å². The second kappa shape index (κ2) is 6.38. The first kappa shape index (κ1) is 12.8. The summed E-state index contributed by atoms with van der Waals surface area (Å²) in [6.07, 6.45) is 2.06. The van der Waals surface area contributed by atoms with Gasteiger partial charge in [0, 0.05) is 6.04 Å². The molecule has 3 heteroatoms. The summed E-state index contributed by atoms with van der Waals surface area (Å²) in [7, 11) is 1.65. The van der Waals surface area contributed by atoms with Gasteiger partial charge in [-0.05, 0) is 31.0 Å². The zero-order valence-corrected chi connectivity index (χ0v) is 10.3. The summed E-state index contributed by atoms with van der Waals surface area (Å²) in [5.41, 5.74) is 7.16. The summed E-state index contributed by atoms with van der Waals surface area (Å²) in [6, 6.07) is 5.97. The molecular weight excluding hydrogens is 202 g/mol. The third-order valence-corrected chi connectivity index (χ3v) is 2.52. The van der Waals surface area contributed by atoms with Crippen LogP contribution in [0.3, 0.4) is 0 Å². The summed E-state index contributed by atoms with van der Waals surface area (Å²) in [4.78, 5) is 0. The van der Waals surface area contributed by atoms with Gasteiger partial charge in [0.2, 0.25) is 0 Å². The minimum Gasteiger partial charge on any atom is -0.493 e. The normalized spacial score (nSPS) is 12.2. The lowest BCUT2D eigenvalue weighted by Gasteiger charge is -2.14. The first-order valence-electron chi connectivity index (χ1n) is 5.79. The molecule has 0 aliphatic rings. The largest absolute Gasteiger partial charge is 0.493 e. The maximum Gasteiger partial charge on any atom is 0.161 e. The standard InChI is InChI=1S/C13H21NO2/c1-4-6-11(14)10-7-8-12(16-5-2)13(9-10)15-3/h7-9,11H,4-6,14H2,1-3H3/t11-/m1/s1. The van der Waals surface area contributed by atoms with Crippen molar-refractivity contribution in [2.45, 2.75) is 32.7 Å². The molecule has 0 radical (unpaired) electrons. The van der Waals surface area contributed by atoms with E-state index in [1.54, 1.807) is 7.11 Å². The molecular formula is C13H21NO2. The highest BCUT2D eigenvalue weighted by molar-refractivity contribution is 5.43. The van der Waals surface area contributed by atoms with Crippen LogP contribution >= 0.6 is 0 Å². The molecule has 0 saturated carbocycles. The third kappa shape index (κ3) is 3.14. The molecule has 0 unspecified atom stereocenters. The third-order valence-electron chi connectivity index (χ3n) is 2.52. The average molecular weight is 223 g/mol. The van der Waals surface area contributed by atoms with Gasteiger partial charge in [-0.1, -0.05) is 19.4 Å². The molecule has 1 aromatic rings. The van der Waals surface area contributed by atoms with Crippen LogP contribution in [0.1, 0.15) is 38.3 Å². The molecule has 1 rings (SSSR count). The van der Waals surface area contributed by atoms with E-state index < -0.39 is 0 Å². The van der Waals surface area contributed by atoms with Crippen LogP contribution in [-0.2, 0) is 0 Å². The van der Waals surface area contributed by atoms with Crippen molar-refractivity contribution in [1.82, 2.24) is 0 Å². The first-order valence-corrected chi connectivity index (χ1v) is 5.79. The quantitative estimate of drug-likeness (QED) is 0.806. The average Bonchev–Trinajstić information content (AvgIpc) is 2.30. The van der Waals surface area contributed by atoms with Crippen LogP contribution in [0.25, 0.3) is 0 Å². The maximum atomic E-state index is 6.06. The Balaban J connectivity index is 2.89. The highest BCUT2D eigenvalue weighted by atomic mass is 16.5. The van der Waals surface area contributed by atoms with E-state index in [2.05, 4.69) is 6.92 Å². The molecule has 0 aliphatic carbocycles. The molecule has 16 heavy (non-hydrogen) atoms. The van der Waals surface area contributed by atoms with Gasteiger partial charge in [-0.3, -0.25) is 0 Å². The summed E-state index contributed by atoms with van der Waals surface area (Å²) in [5.74, 6) is 1.53. The Kier molecular flexibility index (Phi) is 5.12. The molecule has 0 saturated heterocycles. The van der Waals surface area contributed by atoms with E-state index >= 15 is 0 Å². The lowest BCUT2D eigenvalue weighted by molar-refractivity contribution is 0.310. The predicted octanol–water partition coefficient (Wildman–Crippen LogP) is 2.89. The number of hydrogen-bond acceptors (Lipinski definition) is 3. The van der Waals surface area contributed by atoms with Gasteiger partial charge in [-0.2, -0.15) is 0 Å². The van der Waals surface area contributed by atoms with E-state index in [1.807, 2.05) is 25.1 Å². The highest BCUT2D eigenvalue weighted by Gasteiger charge is 2.09. The fourth-order valence-corrected chi connectivity index (χ4v) is 1.67. The molecule has 0 amide bonds. The summed E-state index contributed by atoms with van der Waals surface area (Å²) in [6.45, 7) is 4.72. The Morgan fingerprint density at radius 1 is 1.25 bits per heavy atom. The molecule has 0 heterocycles. The number of hydrogen-bond donors (Lipinski definition) is 1. The Morgan fingerprint density at radius 2 is 2.00 bits per heavy atom. The molecule has 0 aromatic heterocycles. The van der Waals surface area contributed by atoms with Crippen LogP contribution in [-0.4, -0.2) is 13.7 Å². The van der Waals surface area contributed by atoms with E-state index in [0.717, 1.165) is 29.9 Å². The lowest BCUT2D eigenvalue weighted by Crippen LogP contribution is -2.10. The zero-order valence-electron chi connectivity index (χ0n) is 10.3. The van der Waals surface area contributed by atoms with Crippen LogP contribution < -0.4 is 15.2 Å². The van der Waals surface area contributed by atoms with Gasteiger partial charge in [-0.15, -0.1) is 0 Å². The second-order valence-electron chi connectivity index (χ2n) is 3.74. The van der Waals surface area contributed by atoms with E-state index in [0.29, 0.717) is 6.61 Å². The van der Waals surface area contributed by atoms with Crippen molar-refractivity contribution in [3.63, 3.8) is 0 Å². The summed E-state index contributed by atoms with van der Waals surface area (Å²) in [5, 5.41) is 0. The monoisotopic (exact) mass is 223 g/mol. The molecule has 1 aromatic carbocycles. The number of ether oxygens (including phenoxy) is 2. The molecule has 0 aliphatic heterocycles. The molecule has 3 nitrogen and oxygen atoms in total. The van der Waals surface area contributed by atoms with Crippen molar-refractivity contribution in [2.24, 2.45) is 5.73 Å². The van der Waals surface area contributed by atoms with Crippen LogP contribution in [0, 0.1) is 0 Å². The fourth-order valence-electron chi connectivity index (χ4n) is 1.67. The number of rotatable bonds is 6. The minimum atomic E-state index is 0.0783. The zero-order chi connectivity index (χ0) is 12.0. The Hall–Kier alpha value is -1.22. The molecule has 90 valence electrons. The van der Waals surface area contributed by atoms with Gasteiger partial charge in [-0.25, -0.2) is 0 Å². The van der Waals surface area contributed by atoms with Crippen molar-refractivity contribution in [3.8, 4) is 11.5 Å². The molecule has 0 bridgehead atoms. The van der Waals surface area contributed by atoms with E-state index in [4.69, 9.17) is 15.2 Å². The number of nitrogens with two attached hydrogens (primary N) is 1. The van der Waals surface area contributed by atoms with Gasteiger partial charge in [0.1, 0.15) is 0 Å². The van der Waals surface area contributed by atoms with E-state index in [9.17, 15) is 0 Å². The van der Waals surface area contributed by atoms with Gasteiger partial charge in [0.25, 0.3) is 0 Å². The van der Waals surface area contributed by atoms with Crippen molar-refractivity contribution < 1.29 is 9.47 Å².